The van der Waals surface area contributed by atoms with E-state index >= 15 is 0 Å². The average molecular weight is 349 g/mol. The fourth-order valence-electron chi connectivity index (χ4n) is 1.80. The fraction of sp³-hybridized carbons (Fsp3) is 0.125. The molecule has 23 heavy (non-hydrogen) atoms. The molecule has 1 amide bonds. The van der Waals surface area contributed by atoms with Crippen molar-refractivity contribution in [2.24, 2.45) is 0 Å². The summed E-state index contributed by atoms with van der Waals surface area (Å²) in [6, 6.07) is 12.4. The number of carbonyl (C=O) groups excluding carboxylic acids is 1. The summed E-state index contributed by atoms with van der Waals surface area (Å²) in [5.74, 6) is 0.392. The number of anilines is 1. The van der Waals surface area contributed by atoms with Gasteiger partial charge in [-0.3, -0.25) is 5.32 Å². The second kappa shape index (κ2) is 8.32. The van der Waals surface area contributed by atoms with E-state index in [1.165, 1.54) is 13.2 Å². The number of carbonyl (C=O) groups is 1. The molecule has 0 saturated carbocycles. The third kappa shape index (κ3) is 4.81. The zero-order valence-corrected chi connectivity index (χ0v) is 13.8. The van der Waals surface area contributed by atoms with Crippen LogP contribution in [-0.2, 0) is 11.3 Å². The van der Waals surface area contributed by atoms with Gasteiger partial charge in [0, 0.05) is 4.90 Å². The summed E-state index contributed by atoms with van der Waals surface area (Å²) in [6.45, 7) is 0.158. The van der Waals surface area contributed by atoms with Crippen molar-refractivity contribution in [1.29, 1.82) is 5.26 Å². The lowest BCUT2D eigenvalue weighted by atomic mass is 10.2. The van der Waals surface area contributed by atoms with Crippen LogP contribution in [0.5, 0.6) is 5.75 Å². The number of nitriles is 1. The van der Waals surface area contributed by atoms with Crippen molar-refractivity contribution < 1.29 is 14.3 Å². The minimum Gasteiger partial charge on any atom is -0.495 e. The van der Waals surface area contributed by atoms with Crippen LogP contribution in [0.25, 0.3) is 0 Å². The quantitative estimate of drug-likeness (QED) is 0.628. The first-order valence-corrected chi connectivity index (χ1v) is 7.74. The smallest absolute Gasteiger partial charge is 0.412 e. The lowest BCUT2D eigenvalue weighted by molar-refractivity contribution is 0.155. The molecule has 0 bridgehead atoms. The summed E-state index contributed by atoms with van der Waals surface area (Å²) in [5.41, 5.74) is 1.26. The van der Waals surface area contributed by atoms with Crippen molar-refractivity contribution in [3.8, 4) is 11.2 Å². The molecule has 0 spiro atoms. The van der Waals surface area contributed by atoms with Gasteiger partial charge in [-0.25, -0.2) is 4.79 Å². The van der Waals surface area contributed by atoms with Gasteiger partial charge < -0.3 is 9.47 Å². The zero-order valence-electron chi connectivity index (χ0n) is 12.2. The summed E-state index contributed by atoms with van der Waals surface area (Å²) in [5, 5.41) is 13.6. The summed E-state index contributed by atoms with van der Waals surface area (Å²) in [6.07, 6.45) is -0.621. The third-order valence-electron chi connectivity index (χ3n) is 2.86. The van der Waals surface area contributed by atoms with Crippen LogP contribution in [0.1, 0.15) is 5.56 Å². The van der Waals surface area contributed by atoms with Gasteiger partial charge in [0.05, 0.1) is 17.8 Å². The van der Waals surface area contributed by atoms with Gasteiger partial charge in [0.15, 0.2) is 0 Å². The van der Waals surface area contributed by atoms with Gasteiger partial charge in [-0.1, -0.05) is 41.9 Å². The van der Waals surface area contributed by atoms with E-state index in [0.717, 1.165) is 17.3 Å². The molecule has 5 nitrogen and oxygen atoms in total. The van der Waals surface area contributed by atoms with E-state index in [9.17, 15) is 4.79 Å². The Kier molecular flexibility index (Phi) is 6.15. The Hall–Kier alpha value is -2.36. The van der Waals surface area contributed by atoms with Crippen LogP contribution in [0.15, 0.2) is 47.4 Å². The van der Waals surface area contributed by atoms with Crippen molar-refractivity contribution in [2.75, 3.05) is 12.4 Å². The van der Waals surface area contributed by atoms with Crippen LogP contribution in [0.3, 0.4) is 0 Å². The van der Waals surface area contributed by atoms with Crippen molar-refractivity contribution in [2.45, 2.75) is 11.5 Å². The number of ether oxygens (including phenoxy) is 2. The summed E-state index contributed by atoms with van der Waals surface area (Å²) in [4.78, 5) is 12.4. The molecule has 2 rings (SSSR count). The molecule has 2 aromatic rings. The number of nitrogens with zero attached hydrogens (tertiary/aromatic N) is 1. The maximum atomic E-state index is 11.9. The highest BCUT2D eigenvalue weighted by atomic mass is 35.5. The second-order valence-electron chi connectivity index (χ2n) is 4.36. The number of amides is 1. The predicted molar refractivity (Wildman–Crippen MR) is 89.7 cm³/mol. The Labute approximate surface area is 143 Å². The number of halogens is 1. The molecule has 0 aliphatic rings. The summed E-state index contributed by atoms with van der Waals surface area (Å²) >= 11 is 6.99. The van der Waals surface area contributed by atoms with Crippen LogP contribution < -0.4 is 10.1 Å². The van der Waals surface area contributed by atoms with E-state index < -0.39 is 6.09 Å². The van der Waals surface area contributed by atoms with E-state index in [0.29, 0.717) is 21.4 Å². The molecule has 0 fully saturated rings. The maximum absolute atomic E-state index is 11.9. The van der Waals surface area contributed by atoms with Gasteiger partial charge in [0.1, 0.15) is 17.8 Å². The van der Waals surface area contributed by atoms with Crippen LogP contribution in [0.2, 0.25) is 5.02 Å². The number of benzene rings is 2. The average Bonchev–Trinajstić information content (AvgIpc) is 2.56. The number of nitrogens with one attached hydrogen (secondary N) is 1. The molecule has 0 heterocycles. The van der Waals surface area contributed by atoms with Crippen molar-refractivity contribution in [1.82, 2.24) is 0 Å². The zero-order chi connectivity index (χ0) is 16.7. The molecular weight excluding hydrogens is 336 g/mol. The lowest BCUT2D eigenvalue weighted by Crippen LogP contribution is -2.14. The number of hydrogen-bond acceptors (Lipinski definition) is 5. The van der Waals surface area contributed by atoms with Crippen LogP contribution >= 0.6 is 23.4 Å². The molecule has 1 N–H and O–H groups in total. The number of thiocyanates is 1. The van der Waals surface area contributed by atoms with Gasteiger partial charge in [-0.05, 0) is 29.5 Å². The van der Waals surface area contributed by atoms with Crippen LogP contribution in [-0.4, -0.2) is 13.2 Å². The second-order valence-corrected chi connectivity index (χ2v) is 5.60. The molecule has 0 aliphatic heterocycles. The summed E-state index contributed by atoms with van der Waals surface area (Å²) < 4.78 is 10.3. The first kappa shape index (κ1) is 17.0. The number of hydrogen-bond donors (Lipinski definition) is 1. The van der Waals surface area contributed by atoms with Gasteiger partial charge in [-0.2, -0.15) is 5.26 Å². The Morgan fingerprint density at radius 3 is 2.74 bits per heavy atom. The fourth-order valence-corrected chi connectivity index (χ4v) is 2.50. The number of methoxy groups -OCH3 is 1. The van der Waals surface area contributed by atoms with E-state index in [1.807, 2.05) is 35.7 Å². The van der Waals surface area contributed by atoms with E-state index in [4.69, 9.17) is 26.3 Å². The normalized spacial score (nSPS) is 9.78. The van der Waals surface area contributed by atoms with Crippen molar-refractivity contribution >= 4 is 35.1 Å². The van der Waals surface area contributed by atoms with Crippen LogP contribution in [0.4, 0.5) is 10.5 Å². The Balaban J connectivity index is 2.05. The molecule has 118 valence electrons. The lowest BCUT2D eigenvalue weighted by Gasteiger charge is -2.12. The van der Waals surface area contributed by atoms with Gasteiger partial charge >= 0.3 is 6.09 Å². The molecular formula is C16H13ClN2O3S. The maximum Gasteiger partial charge on any atom is 0.412 e. The van der Waals surface area contributed by atoms with Gasteiger partial charge in [-0.15, -0.1) is 0 Å². The Bertz CT molecular complexity index is 732. The minimum absolute atomic E-state index is 0.158. The van der Waals surface area contributed by atoms with E-state index in [2.05, 4.69) is 5.32 Å². The number of rotatable bonds is 5. The first-order valence-electron chi connectivity index (χ1n) is 6.55. The van der Waals surface area contributed by atoms with Crippen molar-refractivity contribution in [3.63, 3.8) is 0 Å². The topological polar surface area (TPSA) is 71.3 Å². The monoisotopic (exact) mass is 348 g/mol. The highest BCUT2D eigenvalue weighted by Gasteiger charge is 2.13. The van der Waals surface area contributed by atoms with Crippen LogP contribution in [0, 0.1) is 10.7 Å². The Morgan fingerprint density at radius 1 is 1.35 bits per heavy atom. The highest BCUT2D eigenvalue weighted by molar-refractivity contribution is 8.03. The Morgan fingerprint density at radius 2 is 2.09 bits per heavy atom. The third-order valence-corrected chi connectivity index (χ3v) is 3.93. The molecule has 7 heteroatoms. The molecule has 0 unspecified atom stereocenters. The van der Waals surface area contributed by atoms with Crippen molar-refractivity contribution in [3.05, 3.63) is 53.1 Å². The molecule has 0 aliphatic carbocycles. The number of thioether (sulfide) groups is 1. The molecule has 0 saturated heterocycles. The molecule has 0 radical (unpaired) electrons. The largest absolute Gasteiger partial charge is 0.495 e. The predicted octanol–water partition coefficient (Wildman–Crippen LogP) is 4.67. The summed E-state index contributed by atoms with van der Waals surface area (Å²) in [7, 11) is 1.46. The first-order chi connectivity index (χ1) is 11.1. The van der Waals surface area contributed by atoms with Gasteiger partial charge in [0.2, 0.25) is 0 Å². The SMILES string of the molecule is COc1cc(SC#N)c(Cl)cc1NC(=O)OCc1ccccc1. The standard InChI is InChI=1S/C16H13ClN2O3S/c1-21-14-8-15(23-10-18)12(17)7-13(14)19-16(20)22-9-11-5-3-2-4-6-11/h2-8H,9H2,1H3,(H,19,20). The highest BCUT2D eigenvalue weighted by Crippen LogP contribution is 2.36. The molecule has 2 aromatic carbocycles. The van der Waals surface area contributed by atoms with E-state index in [-0.39, 0.29) is 6.61 Å². The minimum atomic E-state index is -0.621. The molecule has 0 atom stereocenters. The van der Waals surface area contributed by atoms with E-state index in [1.54, 1.807) is 6.07 Å². The van der Waals surface area contributed by atoms with Gasteiger partial charge in [0.25, 0.3) is 0 Å². The molecule has 0 aromatic heterocycles.